The van der Waals surface area contributed by atoms with Gasteiger partial charge in [-0.15, -0.1) is 0 Å². The van der Waals surface area contributed by atoms with Crippen LogP contribution in [0.5, 0.6) is 5.75 Å². The third-order valence-corrected chi connectivity index (χ3v) is 5.55. The molecule has 0 bridgehead atoms. The van der Waals surface area contributed by atoms with Crippen LogP contribution < -0.4 is 9.64 Å². The van der Waals surface area contributed by atoms with Crippen molar-refractivity contribution in [2.75, 3.05) is 12.0 Å². The van der Waals surface area contributed by atoms with E-state index in [9.17, 15) is 24.8 Å². The highest BCUT2D eigenvalue weighted by Gasteiger charge is 2.48. The molecule has 0 aromatic heterocycles. The van der Waals surface area contributed by atoms with Gasteiger partial charge in [0.15, 0.2) is 0 Å². The summed E-state index contributed by atoms with van der Waals surface area (Å²) in [6, 6.07) is 17.9. The number of rotatable bonds is 5. The fraction of sp³-hybridized carbons (Fsp3) is 0.120. The second-order valence-corrected chi connectivity index (χ2v) is 7.55. The van der Waals surface area contributed by atoms with E-state index < -0.39 is 28.4 Å². The second-order valence-electron chi connectivity index (χ2n) is 7.55. The lowest BCUT2D eigenvalue weighted by Crippen LogP contribution is -2.29. The van der Waals surface area contributed by atoms with Crippen LogP contribution in [0.25, 0.3) is 5.76 Å². The fourth-order valence-corrected chi connectivity index (χ4v) is 3.89. The Morgan fingerprint density at radius 1 is 1.00 bits per heavy atom. The Balaban J connectivity index is 1.98. The maximum atomic E-state index is 13.2. The van der Waals surface area contributed by atoms with E-state index in [0.717, 1.165) is 5.56 Å². The van der Waals surface area contributed by atoms with Crippen molar-refractivity contribution in [3.8, 4) is 5.75 Å². The lowest BCUT2D eigenvalue weighted by atomic mass is 9.94. The number of hydrogen-bond donors (Lipinski definition) is 1. The van der Waals surface area contributed by atoms with E-state index in [0.29, 0.717) is 11.4 Å². The molecule has 0 radical (unpaired) electrons. The summed E-state index contributed by atoms with van der Waals surface area (Å²) in [5.41, 5.74) is 1.25. The van der Waals surface area contributed by atoms with E-state index in [1.54, 1.807) is 54.6 Å². The van der Waals surface area contributed by atoms with Crippen LogP contribution in [-0.2, 0) is 9.59 Å². The maximum absolute atomic E-state index is 13.2. The molecule has 8 nitrogen and oxygen atoms in total. The number of ketones is 1. The minimum atomic E-state index is -1.18. The lowest BCUT2D eigenvalue weighted by molar-refractivity contribution is -0.385. The highest BCUT2D eigenvalue weighted by Crippen LogP contribution is 2.44. The molecule has 1 aliphatic rings. The Morgan fingerprint density at radius 3 is 2.24 bits per heavy atom. The zero-order chi connectivity index (χ0) is 23.7. The Kier molecular flexibility index (Phi) is 5.66. The normalized spacial score (nSPS) is 17.3. The van der Waals surface area contributed by atoms with Gasteiger partial charge in [0, 0.05) is 17.3 Å². The highest BCUT2D eigenvalue weighted by atomic mass is 16.6. The van der Waals surface area contributed by atoms with Crippen LogP contribution >= 0.6 is 0 Å². The van der Waals surface area contributed by atoms with Gasteiger partial charge >= 0.3 is 0 Å². The van der Waals surface area contributed by atoms with Crippen molar-refractivity contribution in [1.82, 2.24) is 0 Å². The van der Waals surface area contributed by atoms with Gasteiger partial charge in [-0.05, 0) is 49.4 Å². The quantitative estimate of drug-likeness (QED) is 0.203. The number of nitro benzene ring substituents is 1. The van der Waals surface area contributed by atoms with Gasteiger partial charge < -0.3 is 9.84 Å². The van der Waals surface area contributed by atoms with Gasteiger partial charge in [0.25, 0.3) is 17.4 Å². The van der Waals surface area contributed by atoms with Crippen LogP contribution in [0.3, 0.4) is 0 Å². The van der Waals surface area contributed by atoms with E-state index >= 15 is 0 Å². The fourth-order valence-electron chi connectivity index (χ4n) is 3.89. The molecular weight excluding hydrogens is 424 g/mol. The van der Waals surface area contributed by atoms with Gasteiger partial charge in [0.1, 0.15) is 17.6 Å². The summed E-state index contributed by atoms with van der Waals surface area (Å²) in [7, 11) is 1.50. The molecule has 1 heterocycles. The van der Waals surface area contributed by atoms with Crippen molar-refractivity contribution in [2.45, 2.75) is 13.0 Å². The van der Waals surface area contributed by atoms with E-state index in [4.69, 9.17) is 4.74 Å². The summed E-state index contributed by atoms with van der Waals surface area (Å²) >= 11 is 0. The van der Waals surface area contributed by atoms with Crippen LogP contribution in [0.4, 0.5) is 11.4 Å². The molecular formula is C25H20N2O6. The van der Waals surface area contributed by atoms with Crippen molar-refractivity contribution in [3.63, 3.8) is 0 Å². The number of methoxy groups -OCH3 is 1. The molecule has 1 fully saturated rings. The second kappa shape index (κ2) is 8.58. The summed E-state index contributed by atoms with van der Waals surface area (Å²) in [6.07, 6.45) is 0. The minimum Gasteiger partial charge on any atom is -0.507 e. The number of Topliss-reactive ketones (excluding diaryl/α,β-unsaturated/α-hetero) is 1. The molecule has 4 rings (SSSR count). The highest BCUT2D eigenvalue weighted by molar-refractivity contribution is 6.51. The number of aryl methyl sites for hydroxylation is 1. The molecule has 1 amide bonds. The van der Waals surface area contributed by atoms with Crippen molar-refractivity contribution in [2.24, 2.45) is 0 Å². The predicted molar refractivity (Wildman–Crippen MR) is 122 cm³/mol. The van der Waals surface area contributed by atoms with E-state index in [1.807, 2.05) is 6.92 Å². The van der Waals surface area contributed by atoms with Crippen LogP contribution in [0.2, 0.25) is 0 Å². The van der Waals surface area contributed by atoms with Gasteiger partial charge in [-0.25, -0.2) is 0 Å². The molecule has 0 unspecified atom stereocenters. The molecule has 3 aromatic carbocycles. The molecule has 1 atom stereocenters. The molecule has 1 N–H and O–H groups in total. The summed E-state index contributed by atoms with van der Waals surface area (Å²) in [5, 5.41) is 22.9. The first-order valence-corrected chi connectivity index (χ1v) is 10.1. The Morgan fingerprint density at radius 2 is 1.64 bits per heavy atom. The zero-order valence-electron chi connectivity index (χ0n) is 17.9. The van der Waals surface area contributed by atoms with Gasteiger partial charge in [-0.2, -0.15) is 0 Å². The first kappa shape index (κ1) is 21.8. The van der Waals surface area contributed by atoms with E-state index in [-0.39, 0.29) is 22.4 Å². The van der Waals surface area contributed by atoms with Crippen molar-refractivity contribution < 1.29 is 24.4 Å². The van der Waals surface area contributed by atoms with Gasteiger partial charge in [-0.3, -0.25) is 24.6 Å². The Bertz CT molecular complexity index is 1280. The standard InChI is InChI=1S/C25H20N2O6/c1-15-7-11-17(12-8-15)26-22(19-5-3-4-6-20(19)27(31)32)21(24(29)25(26)30)23(28)16-9-13-18(33-2)14-10-16/h3-14,22,28H,1-2H3/b23-21+/t22-/m0/s1. The van der Waals surface area contributed by atoms with Crippen LogP contribution in [0.15, 0.2) is 78.4 Å². The topological polar surface area (TPSA) is 110 Å². The molecule has 1 saturated heterocycles. The van der Waals surface area contributed by atoms with Crippen LogP contribution in [0.1, 0.15) is 22.7 Å². The molecule has 0 aliphatic carbocycles. The summed E-state index contributed by atoms with van der Waals surface area (Å²) in [5.74, 6) is -1.68. The number of aliphatic hydroxyl groups excluding tert-OH is 1. The number of nitro groups is 1. The first-order chi connectivity index (χ1) is 15.8. The third-order valence-electron chi connectivity index (χ3n) is 5.55. The Hall–Kier alpha value is -4.46. The number of anilines is 1. The number of carbonyl (C=O) groups is 2. The number of amides is 1. The SMILES string of the molecule is COc1ccc(/C(O)=C2\C(=O)C(=O)N(c3ccc(C)cc3)[C@H]2c2ccccc2[N+](=O)[O-])cc1. The smallest absolute Gasteiger partial charge is 0.300 e. The third kappa shape index (κ3) is 3.82. The first-order valence-electron chi connectivity index (χ1n) is 10.1. The number of carbonyl (C=O) groups excluding carboxylic acids is 2. The average Bonchev–Trinajstić information content (AvgIpc) is 3.09. The largest absolute Gasteiger partial charge is 0.507 e. The maximum Gasteiger partial charge on any atom is 0.300 e. The van der Waals surface area contributed by atoms with Crippen molar-refractivity contribution in [1.29, 1.82) is 0 Å². The molecule has 3 aromatic rings. The summed E-state index contributed by atoms with van der Waals surface area (Å²) in [6.45, 7) is 1.88. The molecule has 0 saturated carbocycles. The number of para-hydroxylation sites is 1. The molecule has 166 valence electrons. The number of benzene rings is 3. The number of ether oxygens (including phenoxy) is 1. The number of hydrogen-bond acceptors (Lipinski definition) is 6. The molecule has 33 heavy (non-hydrogen) atoms. The number of nitrogens with zero attached hydrogens (tertiary/aromatic N) is 2. The van der Waals surface area contributed by atoms with Crippen LogP contribution in [-0.4, -0.2) is 28.8 Å². The molecule has 8 heteroatoms. The molecule has 0 spiro atoms. The lowest BCUT2D eigenvalue weighted by Gasteiger charge is -2.25. The van der Waals surface area contributed by atoms with Gasteiger partial charge in [0.2, 0.25) is 0 Å². The van der Waals surface area contributed by atoms with Crippen molar-refractivity contribution >= 4 is 28.8 Å². The van der Waals surface area contributed by atoms with Crippen molar-refractivity contribution in [3.05, 3.63) is 105 Å². The predicted octanol–water partition coefficient (Wildman–Crippen LogP) is 4.54. The number of aliphatic hydroxyl groups is 1. The van der Waals surface area contributed by atoms with E-state index in [1.165, 1.54) is 30.2 Å². The summed E-state index contributed by atoms with van der Waals surface area (Å²) in [4.78, 5) is 38.7. The zero-order valence-corrected chi connectivity index (χ0v) is 17.9. The average molecular weight is 444 g/mol. The van der Waals surface area contributed by atoms with Crippen LogP contribution in [0, 0.1) is 17.0 Å². The minimum absolute atomic E-state index is 0.123. The van der Waals surface area contributed by atoms with Gasteiger partial charge in [-0.1, -0.05) is 29.8 Å². The summed E-state index contributed by atoms with van der Waals surface area (Å²) < 4.78 is 5.13. The molecule has 1 aliphatic heterocycles. The van der Waals surface area contributed by atoms with E-state index in [2.05, 4.69) is 0 Å². The monoisotopic (exact) mass is 444 g/mol. The Labute approximate surface area is 189 Å². The van der Waals surface area contributed by atoms with Gasteiger partial charge in [0.05, 0.1) is 23.2 Å².